The number of carbonyl (C=O) groups is 1. The number of aliphatic hydroxyl groups excluding tert-OH is 1. The number of carbonyl (C=O) groups excluding carboxylic acids is 1. The Morgan fingerprint density at radius 3 is 2.50 bits per heavy atom. The summed E-state index contributed by atoms with van der Waals surface area (Å²) in [5.74, 6) is 2.08. The molecule has 146 valence electrons. The Bertz CT molecular complexity index is 534. The van der Waals surface area contributed by atoms with Crippen molar-refractivity contribution in [2.24, 2.45) is 11.8 Å². The number of esters is 1. The zero-order valence-electron chi connectivity index (χ0n) is 15.8. The first-order valence-corrected chi connectivity index (χ1v) is 11.3. The van der Waals surface area contributed by atoms with Gasteiger partial charge in [-0.3, -0.25) is 4.79 Å². The predicted molar refractivity (Wildman–Crippen MR) is 109 cm³/mol. The quantitative estimate of drug-likeness (QED) is 0.636. The van der Waals surface area contributed by atoms with Crippen LogP contribution in [0.3, 0.4) is 0 Å². The third-order valence-corrected chi connectivity index (χ3v) is 8.20. The van der Waals surface area contributed by atoms with Crippen LogP contribution in [0.1, 0.15) is 32.3 Å². The molecule has 1 N–H and O–H groups in total. The van der Waals surface area contributed by atoms with Gasteiger partial charge in [0.25, 0.3) is 0 Å². The number of ether oxygens (including phenoxy) is 2. The highest BCUT2D eigenvalue weighted by atomic mass is 32.2. The van der Waals surface area contributed by atoms with Crippen molar-refractivity contribution in [3.05, 3.63) is 35.9 Å². The number of thioether (sulfide) groups is 2. The molecule has 2 unspecified atom stereocenters. The molecule has 1 aromatic rings. The SMILES string of the molecule is COC(=O)CC(O)C(C)[C@H](OCc1ccccc1)[C@@H](C)C1SCCCS1. The van der Waals surface area contributed by atoms with Crippen molar-refractivity contribution in [1.29, 1.82) is 0 Å². The van der Waals surface area contributed by atoms with E-state index in [0.717, 1.165) is 5.56 Å². The van der Waals surface area contributed by atoms with Gasteiger partial charge in [0.05, 0.1) is 36.9 Å². The lowest BCUT2D eigenvalue weighted by Gasteiger charge is -2.37. The zero-order chi connectivity index (χ0) is 18.9. The van der Waals surface area contributed by atoms with Gasteiger partial charge in [-0.2, -0.15) is 0 Å². The minimum Gasteiger partial charge on any atom is -0.469 e. The first-order chi connectivity index (χ1) is 12.5. The van der Waals surface area contributed by atoms with Crippen molar-refractivity contribution in [1.82, 2.24) is 0 Å². The van der Waals surface area contributed by atoms with E-state index in [-0.39, 0.29) is 30.3 Å². The minimum atomic E-state index is -0.774. The third kappa shape index (κ3) is 6.48. The zero-order valence-corrected chi connectivity index (χ0v) is 17.4. The monoisotopic (exact) mass is 398 g/mol. The van der Waals surface area contributed by atoms with Crippen molar-refractivity contribution in [3.63, 3.8) is 0 Å². The van der Waals surface area contributed by atoms with Crippen LogP contribution in [-0.2, 0) is 20.9 Å². The molecule has 1 aliphatic rings. The van der Waals surface area contributed by atoms with Crippen molar-refractivity contribution in [2.75, 3.05) is 18.6 Å². The first kappa shape index (κ1) is 21.6. The molecule has 4 nitrogen and oxygen atoms in total. The summed E-state index contributed by atoms with van der Waals surface area (Å²) in [4.78, 5) is 11.6. The van der Waals surface area contributed by atoms with Crippen LogP contribution in [0.2, 0.25) is 0 Å². The largest absolute Gasteiger partial charge is 0.469 e. The Balaban J connectivity index is 2.06. The fourth-order valence-electron chi connectivity index (χ4n) is 3.17. The molecule has 0 spiro atoms. The van der Waals surface area contributed by atoms with E-state index in [4.69, 9.17) is 9.47 Å². The van der Waals surface area contributed by atoms with Gasteiger partial charge >= 0.3 is 5.97 Å². The molecule has 1 aromatic carbocycles. The lowest BCUT2D eigenvalue weighted by molar-refractivity contribution is -0.145. The normalized spacial score (nSPS) is 20.2. The second kappa shape index (κ2) is 11.2. The molecule has 1 fully saturated rings. The van der Waals surface area contributed by atoms with E-state index in [1.807, 2.05) is 60.8 Å². The molecule has 26 heavy (non-hydrogen) atoms. The lowest BCUT2D eigenvalue weighted by atomic mass is 9.88. The molecule has 4 atom stereocenters. The van der Waals surface area contributed by atoms with Gasteiger partial charge in [-0.05, 0) is 23.5 Å². The minimum absolute atomic E-state index is 0.000532. The van der Waals surface area contributed by atoms with E-state index >= 15 is 0 Å². The second-order valence-corrected chi connectivity index (χ2v) is 9.59. The number of hydrogen-bond donors (Lipinski definition) is 1. The van der Waals surface area contributed by atoms with Crippen LogP contribution >= 0.6 is 23.5 Å². The number of hydrogen-bond acceptors (Lipinski definition) is 6. The van der Waals surface area contributed by atoms with Crippen LogP contribution in [0.4, 0.5) is 0 Å². The molecule has 1 saturated heterocycles. The van der Waals surface area contributed by atoms with Crippen molar-refractivity contribution in [3.8, 4) is 0 Å². The first-order valence-electron chi connectivity index (χ1n) is 9.16. The Morgan fingerprint density at radius 2 is 1.88 bits per heavy atom. The molecule has 0 amide bonds. The topological polar surface area (TPSA) is 55.8 Å². The van der Waals surface area contributed by atoms with E-state index in [0.29, 0.717) is 11.2 Å². The van der Waals surface area contributed by atoms with Gasteiger partial charge in [0, 0.05) is 11.8 Å². The molecular weight excluding hydrogens is 368 g/mol. The fraction of sp³-hybridized carbons (Fsp3) is 0.650. The van der Waals surface area contributed by atoms with Crippen molar-refractivity contribution in [2.45, 2.75) is 50.1 Å². The molecule has 0 bridgehead atoms. The Hall–Kier alpha value is -0.690. The molecule has 6 heteroatoms. The average molecular weight is 399 g/mol. The summed E-state index contributed by atoms with van der Waals surface area (Å²) < 4.78 is 11.5. The van der Waals surface area contributed by atoms with Crippen LogP contribution in [0.5, 0.6) is 0 Å². The smallest absolute Gasteiger partial charge is 0.308 e. The van der Waals surface area contributed by atoms with Gasteiger partial charge in [0.15, 0.2) is 0 Å². The molecule has 1 aliphatic heterocycles. The average Bonchev–Trinajstić information content (AvgIpc) is 2.69. The number of methoxy groups -OCH3 is 1. The summed E-state index contributed by atoms with van der Waals surface area (Å²) >= 11 is 3.96. The summed E-state index contributed by atoms with van der Waals surface area (Å²) in [6.07, 6.45) is 0.344. The maximum atomic E-state index is 11.6. The van der Waals surface area contributed by atoms with Crippen LogP contribution in [0.15, 0.2) is 30.3 Å². The van der Waals surface area contributed by atoms with E-state index in [1.54, 1.807) is 0 Å². The molecule has 0 aliphatic carbocycles. The summed E-state index contributed by atoms with van der Waals surface area (Å²) in [5, 5.41) is 10.5. The highest BCUT2D eigenvalue weighted by Gasteiger charge is 2.36. The maximum Gasteiger partial charge on any atom is 0.308 e. The summed E-state index contributed by atoms with van der Waals surface area (Å²) in [6.45, 7) is 4.68. The number of aliphatic hydroxyl groups is 1. The van der Waals surface area contributed by atoms with E-state index in [2.05, 4.69) is 6.92 Å². The van der Waals surface area contributed by atoms with Gasteiger partial charge in [-0.1, -0.05) is 44.2 Å². The van der Waals surface area contributed by atoms with Gasteiger partial charge in [0.1, 0.15) is 0 Å². The van der Waals surface area contributed by atoms with Crippen LogP contribution in [0.25, 0.3) is 0 Å². The lowest BCUT2D eigenvalue weighted by Crippen LogP contribution is -2.40. The Morgan fingerprint density at radius 1 is 1.23 bits per heavy atom. The highest BCUT2D eigenvalue weighted by Crippen LogP contribution is 2.40. The molecule has 0 radical (unpaired) electrons. The van der Waals surface area contributed by atoms with E-state index < -0.39 is 6.10 Å². The highest BCUT2D eigenvalue weighted by molar-refractivity contribution is 8.17. The molecule has 0 aromatic heterocycles. The molecule has 2 rings (SSSR count). The van der Waals surface area contributed by atoms with Gasteiger partial charge < -0.3 is 14.6 Å². The van der Waals surface area contributed by atoms with Crippen LogP contribution in [-0.4, -0.2) is 46.5 Å². The Kier molecular flexibility index (Phi) is 9.33. The van der Waals surface area contributed by atoms with Gasteiger partial charge in [-0.25, -0.2) is 0 Å². The number of benzene rings is 1. The summed E-state index contributed by atoms with van der Waals surface area (Å²) in [7, 11) is 1.35. The molecular formula is C20H30O4S2. The van der Waals surface area contributed by atoms with Crippen molar-refractivity contribution >= 4 is 29.5 Å². The van der Waals surface area contributed by atoms with Crippen LogP contribution in [0, 0.1) is 11.8 Å². The summed E-state index contributed by atoms with van der Waals surface area (Å²) in [6, 6.07) is 10.1. The van der Waals surface area contributed by atoms with Crippen LogP contribution < -0.4 is 0 Å². The Labute approximate surface area is 165 Å². The van der Waals surface area contributed by atoms with Gasteiger partial charge in [-0.15, -0.1) is 23.5 Å². The standard InChI is InChI=1S/C20H30O4S2/c1-14(17(21)12-18(22)23-3)19(15(2)20-25-10-7-11-26-20)24-13-16-8-5-4-6-9-16/h4-6,8-9,14-15,17,19-21H,7,10-13H2,1-3H3/t14?,15-,17?,19+/m1/s1. The second-order valence-electron chi connectivity index (χ2n) is 6.79. The van der Waals surface area contributed by atoms with Crippen molar-refractivity contribution < 1.29 is 19.4 Å². The summed E-state index contributed by atoms with van der Waals surface area (Å²) in [5.41, 5.74) is 1.11. The third-order valence-electron chi connectivity index (χ3n) is 4.81. The fourth-order valence-corrected chi connectivity index (χ4v) is 6.32. The predicted octanol–water partition coefficient (Wildman–Crippen LogP) is 3.96. The maximum absolute atomic E-state index is 11.6. The number of rotatable bonds is 9. The molecule has 0 saturated carbocycles. The van der Waals surface area contributed by atoms with E-state index in [9.17, 15) is 9.90 Å². The molecule has 1 heterocycles. The van der Waals surface area contributed by atoms with E-state index in [1.165, 1.54) is 25.0 Å². The van der Waals surface area contributed by atoms with Gasteiger partial charge in [0.2, 0.25) is 0 Å².